The summed E-state index contributed by atoms with van der Waals surface area (Å²) >= 11 is 2.77. The van der Waals surface area contributed by atoms with Gasteiger partial charge in [-0.15, -0.1) is 23.1 Å². The Kier molecular flexibility index (Phi) is 6.12. The van der Waals surface area contributed by atoms with E-state index < -0.39 is 5.82 Å². The molecule has 0 bridgehead atoms. The molecule has 0 aliphatic carbocycles. The summed E-state index contributed by atoms with van der Waals surface area (Å²) in [7, 11) is 1.41. The summed E-state index contributed by atoms with van der Waals surface area (Å²) in [6, 6.07) is 4.63. The van der Waals surface area contributed by atoms with E-state index in [1.54, 1.807) is 17.5 Å². The quantitative estimate of drug-likeness (QED) is 0.624. The van der Waals surface area contributed by atoms with Crippen molar-refractivity contribution in [3.63, 3.8) is 0 Å². The van der Waals surface area contributed by atoms with E-state index in [2.05, 4.69) is 15.5 Å². The van der Waals surface area contributed by atoms with Gasteiger partial charge < -0.3 is 14.6 Å². The van der Waals surface area contributed by atoms with E-state index in [1.165, 1.54) is 36.3 Å². The number of ether oxygens (including phenoxy) is 1. The topological polar surface area (TPSA) is 77.2 Å². The van der Waals surface area contributed by atoms with Crippen LogP contribution in [-0.2, 0) is 10.5 Å². The molecule has 1 aromatic carbocycles. The number of carbonyl (C=O) groups excluding carboxylic acids is 1. The first kappa shape index (κ1) is 19.4. The molecule has 9 heteroatoms. The highest BCUT2D eigenvalue weighted by Gasteiger charge is 2.12. The Morgan fingerprint density at radius 2 is 2.22 bits per heavy atom. The first-order valence-corrected chi connectivity index (χ1v) is 10.1. The van der Waals surface area contributed by atoms with Crippen LogP contribution < -0.4 is 10.1 Å². The smallest absolute Gasteiger partial charge is 0.236 e. The lowest BCUT2D eigenvalue weighted by atomic mass is 10.1. The van der Waals surface area contributed by atoms with Crippen LogP contribution in [0.2, 0.25) is 0 Å². The number of halogens is 1. The molecular weight excluding hydrogens is 389 g/mol. The predicted octanol–water partition coefficient (Wildman–Crippen LogP) is 4.43. The zero-order chi connectivity index (χ0) is 19.4. The number of benzene rings is 1. The lowest BCUT2D eigenvalue weighted by Gasteiger charge is -2.03. The Labute approximate surface area is 164 Å². The fourth-order valence-electron chi connectivity index (χ4n) is 2.40. The van der Waals surface area contributed by atoms with E-state index in [-0.39, 0.29) is 17.4 Å². The number of nitrogens with zero attached hydrogens (tertiary/aromatic N) is 2. The minimum Gasteiger partial charge on any atom is -0.494 e. The van der Waals surface area contributed by atoms with Gasteiger partial charge >= 0.3 is 0 Å². The molecule has 0 spiro atoms. The molecule has 0 atom stereocenters. The molecule has 0 aliphatic heterocycles. The number of methoxy groups -OCH3 is 1. The molecule has 3 rings (SSSR count). The van der Waals surface area contributed by atoms with E-state index in [1.807, 2.05) is 13.8 Å². The van der Waals surface area contributed by atoms with Crippen molar-refractivity contribution in [1.82, 2.24) is 10.1 Å². The summed E-state index contributed by atoms with van der Waals surface area (Å²) in [6.07, 6.45) is 0. The van der Waals surface area contributed by atoms with Gasteiger partial charge in [-0.3, -0.25) is 4.79 Å². The second-order valence-electron chi connectivity index (χ2n) is 5.73. The summed E-state index contributed by atoms with van der Waals surface area (Å²) in [5.74, 6) is 1.30. The van der Waals surface area contributed by atoms with Crippen LogP contribution in [0.1, 0.15) is 17.0 Å². The highest BCUT2D eigenvalue weighted by Crippen LogP contribution is 2.28. The lowest BCUT2D eigenvalue weighted by Crippen LogP contribution is -2.14. The van der Waals surface area contributed by atoms with Crippen molar-refractivity contribution in [2.45, 2.75) is 19.6 Å². The molecule has 0 saturated carbocycles. The first-order chi connectivity index (χ1) is 13.0. The molecule has 2 aromatic heterocycles. The molecular formula is C18H18FN3O3S2. The molecule has 0 aliphatic rings. The standard InChI is InChI=1S/C18H18FN3O3S2/c1-10-13(11(2)25-22-10)7-26-9-17(23)21-18-20-15(8-27-18)12-4-5-16(24-3)14(19)6-12/h4-6,8H,7,9H2,1-3H3,(H,20,21,23). The minimum atomic E-state index is -0.454. The van der Waals surface area contributed by atoms with Gasteiger partial charge in [0.2, 0.25) is 5.91 Å². The SMILES string of the molecule is COc1ccc(-c2csc(NC(=O)CSCc3c(C)noc3C)n2)cc1F. The Balaban J connectivity index is 1.55. The molecule has 0 unspecified atom stereocenters. The fraction of sp³-hybridized carbons (Fsp3) is 0.278. The van der Waals surface area contributed by atoms with Gasteiger partial charge in [0, 0.05) is 22.3 Å². The average Bonchev–Trinajstić information content (AvgIpc) is 3.23. The highest BCUT2D eigenvalue weighted by atomic mass is 32.2. The third-order valence-corrected chi connectivity index (χ3v) is 5.58. The van der Waals surface area contributed by atoms with Crippen LogP contribution in [0, 0.1) is 19.7 Å². The lowest BCUT2D eigenvalue weighted by molar-refractivity contribution is -0.113. The van der Waals surface area contributed by atoms with Gasteiger partial charge in [0.15, 0.2) is 16.7 Å². The van der Waals surface area contributed by atoms with Gasteiger partial charge in [0.25, 0.3) is 0 Å². The normalized spacial score (nSPS) is 10.8. The Bertz CT molecular complexity index is 936. The van der Waals surface area contributed by atoms with E-state index in [0.29, 0.717) is 22.1 Å². The van der Waals surface area contributed by atoms with Crippen LogP contribution in [0.25, 0.3) is 11.3 Å². The molecule has 2 heterocycles. The number of anilines is 1. The van der Waals surface area contributed by atoms with Crippen LogP contribution in [0.4, 0.5) is 9.52 Å². The molecule has 6 nitrogen and oxygen atoms in total. The van der Waals surface area contributed by atoms with Gasteiger partial charge in [-0.05, 0) is 32.0 Å². The molecule has 142 valence electrons. The van der Waals surface area contributed by atoms with Gasteiger partial charge in [-0.1, -0.05) is 5.16 Å². The van der Waals surface area contributed by atoms with Gasteiger partial charge in [-0.25, -0.2) is 9.37 Å². The van der Waals surface area contributed by atoms with Gasteiger partial charge in [0.1, 0.15) is 5.76 Å². The number of hydrogen-bond acceptors (Lipinski definition) is 7. The zero-order valence-corrected chi connectivity index (χ0v) is 16.7. The minimum absolute atomic E-state index is 0.145. The number of aromatic nitrogens is 2. The monoisotopic (exact) mass is 407 g/mol. The molecule has 1 N–H and O–H groups in total. The van der Waals surface area contributed by atoms with Crippen molar-refractivity contribution in [2.24, 2.45) is 0 Å². The molecule has 0 radical (unpaired) electrons. The number of thiazole rings is 1. The second kappa shape index (κ2) is 8.53. The van der Waals surface area contributed by atoms with Gasteiger partial charge in [-0.2, -0.15) is 0 Å². The Morgan fingerprint density at radius 3 is 2.89 bits per heavy atom. The number of nitrogens with one attached hydrogen (secondary N) is 1. The molecule has 3 aromatic rings. The average molecular weight is 407 g/mol. The number of rotatable bonds is 7. The maximum atomic E-state index is 13.8. The Morgan fingerprint density at radius 1 is 1.41 bits per heavy atom. The summed E-state index contributed by atoms with van der Waals surface area (Å²) in [4.78, 5) is 16.5. The second-order valence-corrected chi connectivity index (χ2v) is 7.57. The van der Waals surface area contributed by atoms with Crippen LogP contribution >= 0.6 is 23.1 Å². The third kappa shape index (κ3) is 4.67. The van der Waals surface area contributed by atoms with E-state index >= 15 is 0 Å². The largest absolute Gasteiger partial charge is 0.494 e. The number of carbonyl (C=O) groups is 1. The van der Waals surface area contributed by atoms with E-state index in [0.717, 1.165) is 17.0 Å². The summed E-state index contributed by atoms with van der Waals surface area (Å²) < 4.78 is 23.9. The number of aryl methyl sites for hydroxylation is 2. The zero-order valence-electron chi connectivity index (χ0n) is 15.0. The van der Waals surface area contributed by atoms with Crippen molar-refractivity contribution in [1.29, 1.82) is 0 Å². The molecule has 0 saturated heterocycles. The van der Waals surface area contributed by atoms with Crippen molar-refractivity contribution in [2.75, 3.05) is 18.2 Å². The van der Waals surface area contributed by atoms with Crippen LogP contribution in [0.3, 0.4) is 0 Å². The fourth-order valence-corrected chi connectivity index (χ4v) is 4.11. The third-order valence-electron chi connectivity index (χ3n) is 3.86. The number of thioether (sulfide) groups is 1. The summed E-state index contributed by atoms with van der Waals surface area (Å²) in [5.41, 5.74) is 3.08. The summed E-state index contributed by atoms with van der Waals surface area (Å²) in [6.45, 7) is 3.74. The van der Waals surface area contributed by atoms with E-state index in [4.69, 9.17) is 9.26 Å². The number of hydrogen-bond donors (Lipinski definition) is 1. The molecule has 0 fully saturated rings. The number of amides is 1. The van der Waals surface area contributed by atoms with Crippen molar-refractivity contribution < 1.29 is 18.4 Å². The maximum Gasteiger partial charge on any atom is 0.236 e. The van der Waals surface area contributed by atoms with Crippen molar-refractivity contribution >= 4 is 34.1 Å². The van der Waals surface area contributed by atoms with Crippen molar-refractivity contribution in [3.05, 3.63) is 46.4 Å². The Hall–Kier alpha value is -2.39. The molecule has 27 heavy (non-hydrogen) atoms. The van der Waals surface area contributed by atoms with Gasteiger partial charge in [0.05, 0.1) is 24.3 Å². The maximum absolute atomic E-state index is 13.8. The van der Waals surface area contributed by atoms with Crippen molar-refractivity contribution in [3.8, 4) is 17.0 Å². The predicted molar refractivity (Wildman–Crippen MR) is 105 cm³/mol. The van der Waals surface area contributed by atoms with Crippen LogP contribution in [-0.4, -0.2) is 28.9 Å². The summed E-state index contributed by atoms with van der Waals surface area (Å²) in [5, 5.41) is 8.91. The highest BCUT2D eigenvalue weighted by molar-refractivity contribution is 7.99. The van der Waals surface area contributed by atoms with E-state index in [9.17, 15) is 9.18 Å². The van der Waals surface area contributed by atoms with Crippen LogP contribution in [0.15, 0.2) is 28.1 Å². The first-order valence-electron chi connectivity index (χ1n) is 8.06. The molecule has 1 amide bonds. The van der Waals surface area contributed by atoms with Crippen LogP contribution in [0.5, 0.6) is 5.75 Å².